The fourth-order valence-electron chi connectivity index (χ4n) is 8.43. The molecule has 0 aromatic heterocycles. The van der Waals surface area contributed by atoms with Crippen LogP contribution in [0.15, 0.2) is 103 Å². The number of ether oxygens (including phenoxy) is 3. The number of aryl methyl sites for hydroxylation is 2. The minimum Gasteiger partial charge on any atom is -0.481 e. The van der Waals surface area contributed by atoms with Crippen molar-refractivity contribution in [2.45, 2.75) is 160 Å². The maximum absolute atomic E-state index is 14.8. The zero-order valence-electron chi connectivity index (χ0n) is 40.8. The number of Topliss-reactive ketones (excluding diaryl/α,β-unsaturated/α-hetero) is 1. The Hall–Kier alpha value is -5.72. The molecule has 366 valence electrons. The van der Waals surface area contributed by atoms with Crippen molar-refractivity contribution in [2.75, 3.05) is 17.2 Å². The Labute approximate surface area is 408 Å². The molecule has 3 atom stereocenters. The molecule has 3 N–H and O–H groups in total. The van der Waals surface area contributed by atoms with E-state index in [0.29, 0.717) is 22.8 Å². The third kappa shape index (κ3) is 13.9. The number of ketones is 1. The van der Waals surface area contributed by atoms with Crippen molar-refractivity contribution in [1.82, 2.24) is 10.2 Å². The van der Waals surface area contributed by atoms with Crippen molar-refractivity contribution < 1.29 is 38.2 Å². The molecular weight excluding hydrogens is 880 g/mol. The minimum atomic E-state index is -3.02. The molecular formula is C55H71ClN4O8. The van der Waals surface area contributed by atoms with Crippen molar-refractivity contribution in [1.29, 1.82) is 0 Å². The molecule has 5 amide bonds. The van der Waals surface area contributed by atoms with E-state index in [1.54, 1.807) is 73.7 Å². The molecule has 0 spiro atoms. The van der Waals surface area contributed by atoms with Gasteiger partial charge in [-0.15, -0.1) is 0 Å². The first kappa shape index (κ1) is 53.2. The van der Waals surface area contributed by atoms with Crippen LogP contribution in [-0.4, -0.2) is 57.7 Å². The van der Waals surface area contributed by atoms with E-state index in [1.807, 2.05) is 32.0 Å². The van der Waals surface area contributed by atoms with Crippen LogP contribution in [0, 0.1) is 6.92 Å². The number of alkyl halides is 1. The summed E-state index contributed by atoms with van der Waals surface area (Å²) in [5.74, 6) is -2.97. The fraction of sp³-hybridized carbons (Fsp3) is 0.473. The molecule has 3 unspecified atom stereocenters. The Kier molecular flexibility index (Phi) is 20.0. The molecule has 0 radical (unpaired) electrons. The van der Waals surface area contributed by atoms with Gasteiger partial charge in [0.25, 0.3) is 22.7 Å². The number of carbonyl (C=O) groups excluding carboxylic acids is 5. The second-order valence-corrected chi connectivity index (χ2v) is 18.7. The second-order valence-electron chi connectivity index (χ2n) is 18.1. The predicted molar refractivity (Wildman–Crippen MR) is 269 cm³/mol. The first-order chi connectivity index (χ1) is 32.7. The number of hydrogen-bond acceptors (Lipinski definition) is 8. The third-order valence-corrected chi connectivity index (χ3v) is 12.7. The van der Waals surface area contributed by atoms with Crippen molar-refractivity contribution in [3.63, 3.8) is 0 Å². The number of carbonyl (C=O) groups is 5. The molecule has 4 aromatic carbocycles. The maximum atomic E-state index is 14.8. The maximum Gasteiger partial charge on any atom is 0.329 e. The molecule has 68 heavy (non-hydrogen) atoms. The molecule has 1 aliphatic heterocycles. The van der Waals surface area contributed by atoms with Gasteiger partial charge >= 0.3 is 6.03 Å². The first-order valence-corrected chi connectivity index (χ1v) is 24.9. The molecule has 4 aromatic rings. The zero-order chi connectivity index (χ0) is 49.2. The summed E-state index contributed by atoms with van der Waals surface area (Å²) in [4.78, 5) is 69.2. The van der Waals surface area contributed by atoms with Gasteiger partial charge in [-0.05, 0) is 95.0 Å². The van der Waals surface area contributed by atoms with Crippen LogP contribution in [0.25, 0.3) is 0 Å². The van der Waals surface area contributed by atoms with E-state index in [4.69, 9.17) is 25.8 Å². The number of unbranched alkanes of at least 4 members (excludes halogenated alkanes) is 12. The van der Waals surface area contributed by atoms with Gasteiger partial charge in [-0.2, -0.15) is 0 Å². The van der Waals surface area contributed by atoms with E-state index in [9.17, 15) is 24.0 Å². The van der Waals surface area contributed by atoms with E-state index in [-0.39, 0.29) is 23.6 Å². The Bertz CT molecular complexity index is 2290. The SMILES string of the molecule is CCCCCCCCCCCCCCCc1cccc(OC(CC)C(=O)Nc2cccc(NC(=O)C(Cl)(C(=O)C(C)(C)Oc3ccc(C)cc3)N3C(=O)NC(OCC)(c4ccccc4)C3=O)c2)c1. The third-order valence-electron chi connectivity index (χ3n) is 12.2. The monoisotopic (exact) mass is 950 g/mol. The number of rotatable bonds is 29. The number of anilines is 2. The Balaban J connectivity index is 1.25. The number of nitrogens with one attached hydrogen (secondary N) is 3. The van der Waals surface area contributed by atoms with Crippen LogP contribution in [0.4, 0.5) is 16.2 Å². The van der Waals surface area contributed by atoms with E-state index < -0.39 is 52.0 Å². The van der Waals surface area contributed by atoms with Crippen LogP contribution >= 0.6 is 11.6 Å². The van der Waals surface area contributed by atoms with E-state index in [1.165, 1.54) is 103 Å². The summed E-state index contributed by atoms with van der Waals surface area (Å²) >= 11 is 7.19. The smallest absolute Gasteiger partial charge is 0.329 e. The molecule has 5 rings (SSSR count). The Morgan fingerprint density at radius 3 is 1.90 bits per heavy atom. The molecule has 1 heterocycles. The number of amides is 5. The van der Waals surface area contributed by atoms with E-state index >= 15 is 0 Å². The molecule has 0 bridgehead atoms. The predicted octanol–water partition coefficient (Wildman–Crippen LogP) is 12.2. The first-order valence-electron chi connectivity index (χ1n) is 24.5. The molecule has 1 aliphatic rings. The number of halogens is 1. The number of hydrogen-bond donors (Lipinski definition) is 3. The van der Waals surface area contributed by atoms with Crippen LogP contribution in [0.5, 0.6) is 11.5 Å². The topological polar surface area (TPSA) is 152 Å². The minimum absolute atomic E-state index is 0.0272. The Morgan fingerprint density at radius 1 is 0.706 bits per heavy atom. The molecule has 1 saturated heterocycles. The number of benzene rings is 4. The molecule has 12 nitrogen and oxygen atoms in total. The summed E-state index contributed by atoms with van der Waals surface area (Å²) in [6, 6.07) is 28.0. The Morgan fingerprint density at radius 2 is 1.29 bits per heavy atom. The molecule has 0 aliphatic carbocycles. The van der Waals surface area contributed by atoms with Crippen LogP contribution in [0.3, 0.4) is 0 Å². The highest BCUT2D eigenvalue weighted by molar-refractivity contribution is 6.50. The second kappa shape index (κ2) is 25.6. The van der Waals surface area contributed by atoms with Gasteiger partial charge in [-0.3, -0.25) is 24.5 Å². The average Bonchev–Trinajstić information content (AvgIpc) is 3.59. The van der Waals surface area contributed by atoms with Crippen LogP contribution in [0.2, 0.25) is 0 Å². The summed E-state index contributed by atoms with van der Waals surface area (Å²) < 4.78 is 18.2. The van der Waals surface area contributed by atoms with Crippen LogP contribution < -0.4 is 25.4 Å². The highest BCUT2D eigenvalue weighted by Crippen LogP contribution is 2.40. The fourth-order valence-corrected chi connectivity index (χ4v) is 8.86. The van der Waals surface area contributed by atoms with Gasteiger partial charge in [0.2, 0.25) is 11.5 Å². The standard InChI is InChI=1S/C55H71ClN4O8/c1-7-10-11-12-13-14-15-16-17-18-19-20-22-27-41-28-25-33-46(38-41)67-47(8-2)48(61)57-43-31-26-32-44(39-43)58-50(63)54(56,49(62)53(5,6)68-45-36-34-40(4)35-37-45)60-51(64)55(66-9-3,59-52(60)65)42-29-23-21-24-30-42/h21,23-26,28-39,47H,7-20,22,27H2,1-6H3,(H,57,61)(H,58,63)(H,59,65). The number of imide groups is 1. The van der Waals surface area contributed by atoms with Gasteiger partial charge in [-0.1, -0.05) is 169 Å². The van der Waals surface area contributed by atoms with Crippen LogP contribution in [0.1, 0.15) is 141 Å². The number of urea groups is 1. The summed E-state index contributed by atoms with van der Waals surface area (Å²) in [5.41, 5.74) is -1.24. The van der Waals surface area contributed by atoms with Gasteiger partial charge < -0.3 is 24.8 Å². The van der Waals surface area contributed by atoms with E-state index in [2.05, 4.69) is 28.9 Å². The van der Waals surface area contributed by atoms with Crippen LogP contribution in [-0.2, 0) is 36.1 Å². The molecule has 1 fully saturated rings. The van der Waals surface area contributed by atoms with Crippen molar-refractivity contribution in [3.8, 4) is 11.5 Å². The van der Waals surface area contributed by atoms with Gasteiger partial charge in [0.05, 0.1) is 0 Å². The number of nitrogens with zero attached hydrogens (tertiary/aromatic N) is 1. The average molecular weight is 952 g/mol. The lowest BCUT2D eigenvalue weighted by Crippen LogP contribution is -2.66. The van der Waals surface area contributed by atoms with Crippen molar-refractivity contribution in [2.24, 2.45) is 0 Å². The lowest BCUT2D eigenvalue weighted by molar-refractivity contribution is -0.160. The highest BCUT2D eigenvalue weighted by atomic mass is 35.5. The van der Waals surface area contributed by atoms with Gasteiger partial charge in [0.15, 0.2) is 11.7 Å². The lowest BCUT2D eigenvalue weighted by Gasteiger charge is -2.37. The summed E-state index contributed by atoms with van der Waals surface area (Å²) in [5, 5.41) is 8.06. The summed E-state index contributed by atoms with van der Waals surface area (Å²) in [6.45, 7) is 10.4. The summed E-state index contributed by atoms with van der Waals surface area (Å²) in [6.07, 6.45) is 17.4. The van der Waals surface area contributed by atoms with Crippen molar-refractivity contribution >= 4 is 52.5 Å². The molecule has 13 heteroatoms. The quantitative estimate of drug-likeness (QED) is 0.0160. The highest BCUT2D eigenvalue weighted by Gasteiger charge is 2.67. The van der Waals surface area contributed by atoms with Gasteiger partial charge in [-0.25, -0.2) is 9.69 Å². The normalized spacial score (nSPS) is 16.1. The molecule has 0 saturated carbocycles. The zero-order valence-corrected chi connectivity index (χ0v) is 41.6. The van der Waals surface area contributed by atoms with Crippen molar-refractivity contribution in [3.05, 3.63) is 120 Å². The lowest BCUT2D eigenvalue weighted by atomic mass is 9.93. The van der Waals surface area contributed by atoms with E-state index in [0.717, 1.165) is 24.0 Å². The summed E-state index contributed by atoms with van der Waals surface area (Å²) in [7, 11) is 0. The van der Waals surface area contributed by atoms with Gasteiger partial charge in [0.1, 0.15) is 11.5 Å². The van der Waals surface area contributed by atoms with Gasteiger partial charge in [0, 0.05) is 23.5 Å². The largest absolute Gasteiger partial charge is 0.481 e.